The second kappa shape index (κ2) is 7.47. The van der Waals surface area contributed by atoms with Gasteiger partial charge < -0.3 is 14.2 Å². The highest BCUT2D eigenvalue weighted by molar-refractivity contribution is 5.43. The number of para-hydroxylation sites is 1. The number of benzene rings is 1. The van der Waals surface area contributed by atoms with E-state index >= 15 is 0 Å². The van der Waals surface area contributed by atoms with Gasteiger partial charge in [-0.25, -0.2) is 4.98 Å². The van der Waals surface area contributed by atoms with E-state index in [2.05, 4.69) is 39.4 Å². The molecule has 0 aliphatic carbocycles. The van der Waals surface area contributed by atoms with Crippen LogP contribution in [0.2, 0.25) is 0 Å². The number of nitrogens with zero attached hydrogens (tertiary/aromatic N) is 3. The van der Waals surface area contributed by atoms with Crippen LogP contribution in [0.5, 0.6) is 5.75 Å². The number of fused-ring (bicyclic) bond motifs is 1. The van der Waals surface area contributed by atoms with Gasteiger partial charge in [0.25, 0.3) is 0 Å². The lowest BCUT2D eigenvalue weighted by Gasteiger charge is -2.22. The van der Waals surface area contributed by atoms with Crippen molar-refractivity contribution >= 4 is 5.65 Å². The largest absolute Gasteiger partial charge is 0.496 e. The minimum atomic E-state index is 0.116. The highest BCUT2D eigenvalue weighted by Crippen LogP contribution is 2.20. The molecule has 0 unspecified atom stereocenters. The summed E-state index contributed by atoms with van der Waals surface area (Å²) in [6, 6.07) is 12.1. The van der Waals surface area contributed by atoms with Gasteiger partial charge >= 0.3 is 0 Å². The van der Waals surface area contributed by atoms with Crippen molar-refractivity contribution < 1.29 is 9.84 Å². The summed E-state index contributed by atoms with van der Waals surface area (Å²) in [5.41, 5.74) is 4.36. The summed E-state index contributed by atoms with van der Waals surface area (Å²) < 4.78 is 7.53. The van der Waals surface area contributed by atoms with E-state index in [4.69, 9.17) is 4.74 Å². The van der Waals surface area contributed by atoms with Crippen molar-refractivity contribution in [3.63, 3.8) is 0 Å². The van der Waals surface area contributed by atoms with Gasteiger partial charge in [-0.15, -0.1) is 0 Å². The summed E-state index contributed by atoms with van der Waals surface area (Å²) in [4.78, 5) is 6.68. The van der Waals surface area contributed by atoms with Crippen LogP contribution in [0.1, 0.15) is 16.8 Å². The molecule has 2 aromatic heterocycles. The number of hydrogen-bond donors (Lipinski definition) is 1. The van der Waals surface area contributed by atoms with Crippen molar-refractivity contribution in [3.05, 3.63) is 65.6 Å². The molecule has 3 rings (SSSR count). The van der Waals surface area contributed by atoms with E-state index in [1.54, 1.807) is 7.11 Å². The Morgan fingerprint density at radius 2 is 2.04 bits per heavy atom. The van der Waals surface area contributed by atoms with Gasteiger partial charge in [0.15, 0.2) is 0 Å². The van der Waals surface area contributed by atoms with Crippen LogP contribution in [-0.2, 0) is 13.1 Å². The summed E-state index contributed by atoms with van der Waals surface area (Å²) in [5.74, 6) is 0.870. The maximum atomic E-state index is 9.42. The number of aromatic nitrogens is 2. The Kier molecular flexibility index (Phi) is 5.13. The molecule has 0 atom stereocenters. The topological polar surface area (TPSA) is 50.0 Å². The molecular weight excluding hydrogens is 302 g/mol. The molecule has 5 nitrogen and oxygen atoms in total. The Morgan fingerprint density at radius 1 is 1.21 bits per heavy atom. The van der Waals surface area contributed by atoms with Crippen LogP contribution in [0.3, 0.4) is 0 Å². The quantitative estimate of drug-likeness (QED) is 0.725. The smallest absolute Gasteiger partial charge is 0.137 e. The molecule has 0 saturated heterocycles. The molecule has 2 heterocycles. The van der Waals surface area contributed by atoms with E-state index in [0.717, 1.165) is 22.7 Å². The van der Waals surface area contributed by atoms with Gasteiger partial charge in [-0.1, -0.05) is 18.2 Å². The molecule has 0 fully saturated rings. The van der Waals surface area contributed by atoms with Crippen LogP contribution >= 0.6 is 0 Å². The Bertz CT molecular complexity index is 813. The van der Waals surface area contributed by atoms with Gasteiger partial charge in [-0.3, -0.25) is 4.90 Å². The molecule has 0 amide bonds. The second-order valence-electron chi connectivity index (χ2n) is 5.93. The summed E-state index contributed by atoms with van der Waals surface area (Å²) in [6.07, 6.45) is 3.95. The fraction of sp³-hybridized carbons (Fsp3) is 0.316. The molecule has 0 saturated carbocycles. The summed E-state index contributed by atoms with van der Waals surface area (Å²) in [6.45, 7) is 4.20. The van der Waals surface area contributed by atoms with Gasteiger partial charge in [-0.05, 0) is 30.7 Å². The molecule has 0 aliphatic rings. The molecular formula is C19H23N3O2. The number of rotatable bonds is 7. The average molecular weight is 325 g/mol. The normalized spacial score (nSPS) is 11.3. The lowest BCUT2D eigenvalue weighted by Crippen LogP contribution is -2.26. The third-order valence-corrected chi connectivity index (χ3v) is 4.13. The van der Waals surface area contributed by atoms with E-state index in [1.807, 2.05) is 30.6 Å². The lowest BCUT2D eigenvalue weighted by molar-refractivity contribution is 0.181. The van der Waals surface area contributed by atoms with E-state index in [1.165, 1.54) is 5.56 Å². The fourth-order valence-electron chi connectivity index (χ4n) is 2.91. The Labute approximate surface area is 142 Å². The van der Waals surface area contributed by atoms with E-state index in [9.17, 15) is 5.11 Å². The molecule has 126 valence electrons. The number of imidazole rings is 1. The maximum Gasteiger partial charge on any atom is 0.137 e. The van der Waals surface area contributed by atoms with Crippen molar-refractivity contribution in [2.45, 2.75) is 20.0 Å². The number of methoxy groups -OCH3 is 1. The number of pyridine rings is 1. The molecule has 0 radical (unpaired) electrons. The van der Waals surface area contributed by atoms with Crippen molar-refractivity contribution in [3.8, 4) is 5.75 Å². The second-order valence-corrected chi connectivity index (χ2v) is 5.93. The third-order valence-electron chi connectivity index (χ3n) is 4.13. The number of hydrogen-bond acceptors (Lipinski definition) is 4. The number of aryl methyl sites for hydroxylation is 1. The van der Waals surface area contributed by atoms with Crippen molar-refractivity contribution in [2.24, 2.45) is 0 Å². The first-order chi connectivity index (χ1) is 11.7. The van der Waals surface area contributed by atoms with Crippen LogP contribution in [0.25, 0.3) is 5.65 Å². The highest BCUT2D eigenvalue weighted by Gasteiger charge is 2.12. The Morgan fingerprint density at radius 3 is 2.83 bits per heavy atom. The van der Waals surface area contributed by atoms with E-state index in [-0.39, 0.29) is 6.61 Å². The standard InChI is InChI=1S/C19H23N3O2/c1-15-7-8-22-17(12-20-19(22)11-15)14-21(9-10-23)13-16-5-3-4-6-18(16)24-2/h3-8,11-12,23H,9-10,13-14H2,1-2H3. The van der Waals surface area contributed by atoms with Crippen LogP contribution < -0.4 is 4.74 Å². The molecule has 3 aromatic rings. The van der Waals surface area contributed by atoms with E-state index in [0.29, 0.717) is 19.6 Å². The molecule has 5 heteroatoms. The number of aliphatic hydroxyl groups excluding tert-OH is 1. The zero-order chi connectivity index (χ0) is 16.9. The van der Waals surface area contributed by atoms with Gasteiger partial charge in [0, 0.05) is 31.4 Å². The Hall–Kier alpha value is -2.37. The predicted octanol–water partition coefficient (Wildman–Crippen LogP) is 2.65. The van der Waals surface area contributed by atoms with Crippen molar-refractivity contribution in [1.29, 1.82) is 0 Å². The van der Waals surface area contributed by atoms with Gasteiger partial charge in [0.2, 0.25) is 0 Å². The van der Waals surface area contributed by atoms with E-state index < -0.39 is 0 Å². The number of ether oxygens (including phenoxy) is 1. The van der Waals surface area contributed by atoms with Crippen LogP contribution in [0.15, 0.2) is 48.8 Å². The molecule has 24 heavy (non-hydrogen) atoms. The molecule has 0 bridgehead atoms. The maximum absolute atomic E-state index is 9.42. The molecule has 1 aromatic carbocycles. The van der Waals surface area contributed by atoms with Crippen LogP contribution in [0.4, 0.5) is 0 Å². The molecule has 0 aliphatic heterocycles. The summed E-state index contributed by atoms with van der Waals surface area (Å²) in [7, 11) is 1.68. The third kappa shape index (κ3) is 3.58. The van der Waals surface area contributed by atoms with Crippen molar-refractivity contribution in [1.82, 2.24) is 14.3 Å². The SMILES string of the molecule is COc1ccccc1CN(CCO)Cc1cnc2cc(C)ccn12. The first-order valence-electron chi connectivity index (χ1n) is 8.09. The van der Waals surface area contributed by atoms with Gasteiger partial charge in [0.1, 0.15) is 11.4 Å². The minimum absolute atomic E-state index is 0.116. The summed E-state index contributed by atoms with van der Waals surface area (Å²) in [5, 5.41) is 9.42. The summed E-state index contributed by atoms with van der Waals surface area (Å²) >= 11 is 0. The van der Waals surface area contributed by atoms with Gasteiger partial charge in [-0.2, -0.15) is 0 Å². The zero-order valence-electron chi connectivity index (χ0n) is 14.1. The van der Waals surface area contributed by atoms with Gasteiger partial charge in [0.05, 0.1) is 25.6 Å². The average Bonchev–Trinajstić information content (AvgIpc) is 2.97. The monoisotopic (exact) mass is 325 g/mol. The number of aliphatic hydroxyl groups is 1. The highest BCUT2D eigenvalue weighted by atomic mass is 16.5. The predicted molar refractivity (Wildman–Crippen MR) is 94.1 cm³/mol. The lowest BCUT2D eigenvalue weighted by atomic mass is 10.2. The Balaban J connectivity index is 1.82. The molecule has 1 N–H and O–H groups in total. The van der Waals surface area contributed by atoms with Crippen molar-refractivity contribution in [2.75, 3.05) is 20.3 Å². The first kappa shape index (κ1) is 16.5. The zero-order valence-corrected chi connectivity index (χ0v) is 14.1. The van der Waals surface area contributed by atoms with Crippen LogP contribution in [0, 0.1) is 6.92 Å². The fourth-order valence-corrected chi connectivity index (χ4v) is 2.91. The minimum Gasteiger partial charge on any atom is -0.496 e. The first-order valence-corrected chi connectivity index (χ1v) is 8.09. The molecule has 0 spiro atoms. The van der Waals surface area contributed by atoms with Crippen LogP contribution in [-0.4, -0.2) is 39.7 Å².